The zero-order chi connectivity index (χ0) is 19.7. The van der Waals surface area contributed by atoms with Crippen molar-refractivity contribution < 1.29 is 18.4 Å². The van der Waals surface area contributed by atoms with Crippen LogP contribution in [0.4, 0.5) is 0 Å². The molecule has 2 unspecified atom stereocenters. The monoisotopic (exact) mass is 444 g/mol. The second-order valence-electron chi connectivity index (χ2n) is 7.91. The number of halogens is 1. The van der Waals surface area contributed by atoms with Crippen molar-refractivity contribution in [3.8, 4) is 5.75 Å². The first-order chi connectivity index (χ1) is 13.5. The maximum atomic E-state index is 6.12. The van der Waals surface area contributed by atoms with E-state index >= 15 is 0 Å². The predicted molar refractivity (Wildman–Crippen MR) is 117 cm³/mol. The normalized spacial score (nSPS) is 25.2. The predicted octanol–water partition coefficient (Wildman–Crippen LogP) is 5.54. The minimum atomic E-state index is 0.259. The maximum absolute atomic E-state index is 6.12. The van der Waals surface area contributed by atoms with Gasteiger partial charge in [0, 0.05) is 21.3 Å². The van der Waals surface area contributed by atoms with Crippen molar-refractivity contribution in [3.05, 3.63) is 53.5 Å². The van der Waals surface area contributed by atoms with Crippen LogP contribution in [0.15, 0.2) is 57.9 Å². The molecule has 5 heteroatoms. The lowest BCUT2D eigenvalue weighted by Gasteiger charge is -2.45. The van der Waals surface area contributed by atoms with Crippen LogP contribution in [0.25, 0.3) is 21.9 Å². The molecule has 1 aliphatic heterocycles. The van der Waals surface area contributed by atoms with Gasteiger partial charge in [0.1, 0.15) is 55.4 Å². The fraction of sp³-hybridized carbons (Fsp3) is 0.391. The summed E-state index contributed by atoms with van der Waals surface area (Å²) in [5.74, 6) is 0.844. The van der Waals surface area contributed by atoms with E-state index < -0.39 is 0 Å². The Bertz CT molecular complexity index is 986. The average molecular weight is 445 g/mol. The van der Waals surface area contributed by atoms with Gasteiger partial charge >= 0.3 is 0 Å². The van der Waals surface area contributed by atoms with Gasteiger partial charge < -0.3 is 18.4 Å². The van der Waals surface area contributed by atoms with E-state index in [2.05, 4.69) is 48.5 Å². The van der Waals surface area contributed by atoms with Crippen molar-refractivity contribution in [2.45, 2.75) is 26.1 Å². The standard InChI is InChI=1S/C23H27BrNO3/c1-4-9-25(14-16(2)27-17(3)15-25)10-11-26-19-6-8-21-20-7-5-18(24)12-22(20)28-23(21)13-19/h4-8,12-13,16-17H,1,9-11,14-15H2,2-3H3/q+1. The molecule has 0 spiro atoms. The molecule has 2 aromatic carbocycles. The Hall–Kier alpha value is -1.82. The first-order valence-corrected chi connectivity index (χ1v) is 10.6. The molecular weight excluding hydrogens is 418 g/mol. The fourth-order valence-electron chi connectivity index (χ4n) is 4.52. The minimum Gasteiger partial charge on any atom is -0.488 e. The van der Waals surface area contributed by atoms with Crippen molar-refractivity contribution in [2.24, 2.45) is 0 Å². The van der Waals surface area contributed by atoms with E-state index in [1.54, 1.807) is 0 Å². The number of benzene rings is 2. The summed E-state index contributed by atoms with van der Waals surface area (Å²) in [6.07, 6.45) is 2.54. The van der Waals surface area contributed by atoms with Crippen LogP contribution in [0.5, 0.6) is 5.75 Å². The van der Waals surface area contributed by atoms with Crippen molar-refractivity contribution in [2.75, 3.05) is 32.8 Å². The average Bonchev–Trinajstić information content (AvgIpc) is 2.97. The van der Waals surface area contributed by atoms with E-state index in [9.17, 15) is 0 Å². The summed E-state index contributed by atoms with van der Waals surface area (Å²) in [7, 11) is 0. The van der Waals surface area contributed by atoms with E-state index in [0.717, 1.165) is 62.8 Å². The van der Waals surface area contributed by atoms with Crippen LogP contribution >= 0.6 is 15.9 Å². The quantitative estimate of drug-likeness (QED) is 0.369. The van der Waals surface area contributed by atoms with Crippen LogP contribution < -0.4 is 4.74 Å². The minimum absolute atomic E-state index is 0.259. The van der Waals surface area contributed by atoms with Gasteiger partial charge in [-0.1, -0.05) is 22.5 Å². The van der Waals surface area contributed by atoms with Gasteiger partial charge in [0.25, 0.3) is 0 Å². The first-order valence-electron chi connectivity index (χ1n) is 9.84. The number of furan rings is 1. The lowest BCUT2D eigenvalue weighted by Crippen LogP contribution is -2.61. The van der Waals surface area contributed by atoms with Gasteiger partial charge in [-0.3, -0.25) is 0 Å². The molecule has 1 saturated heterocycles. The van der Waals surface area contributed by atoms with E-state index in [-0.39, 0.29) is 12.2 Å². The van der Waals surface area contributed by atoms with Crippen LogP contribution in [-0.2, 0) is 4.74 Å². The highest BCUT2D eigenvalue weighted by Crippen LogP contribution is 2.32. The number of nitrogens with zero attached hydrogens (tertiary/aromatic N) is 1. The summed E-state index contributed by atoms with van der Waals surface area (Å²) < 4.78 is 20.0. The molecule has 0 N–H and O–H groups in total. The first kappa shape index (κ1) is 19.5. The lowest BCUT2D eigenvalue weighted by atomic mass is 10.1. The molecule has 4 nitrogen and oxygen atoms in total. The number of hydrogen-bond donors (Lipinski definition) is 0. The number of ether oxygens (including phenoxy) is 2. The Morgan fingerprint density at radius 3 is 2.50 bits per heavy atom. The second-order valence-corrected chi connectivity index (χ2v) is 8.82. The molecule has 3 aromatic rings. The van der Waals surface area contributed by atoms with Crippen molar-refractivity contribution in [1.29, 1.82) is 0 Å². The van der Waals surface area contributed by atoms with E-state index in [1.165, 1.54) is 0 Å². The molecule has 1 aliphatic rings. The molecule has 2 atom stereocenters. The molecule has 0 amide bonds. The van der Waals surface area contributed by atoms with Crippen molar-refractivity contribution in [3.63, 3.8) is 0 Å². The number of hydrogen-bond acceptors (Lipinski definition) is 3. The van der Waals surface area contributed by atoms with E-state index in [1.807, 2.05) is 30.3 Å². The molecule has 0 saturated carbocycles. The molecule has 4 rings (SSSR count). The third-order valence-electron chi connectivity index (χ3n) is 5.51. The summed E-state index contributed by atoms with van der Waals surface area (Å²) in [6, 6.07) is 12.2. The van der Waals surface area contributed by atoms with Crippen LogP contribution in [0, 0.1) is 0 Å². The summed E-state index contributed by atoms with van der Waals surface area (Å²) in [4.78, 5) is 0. The summed E-state index contributed by atoms with van der Waals surface area (Å²) >= 11 is 3.50. The Morgan fingerprint density at radius 2 is 1.79 bits per heavy atom. The SMILES string of the molecule is C=CC[N+]1(CCOc2ccc3c(c2)oc2cc(Br)ccc23)CC(C)OC(C)C1. The smallest absolute Gasteiger partial charge is 0.139 e. The Kier molecular flexibility index (Phi) is 5.50. The third kappa shape index (κ3) is 3.97. The van der Waals surface area contributed by atoms with E-state index in [0.29, 0.717) is 6.61 Å². The number of morpholine rings is 1. The molecule has 2 heterocycles. The van der Waals surface area contributed by atoms with Gasteiger partial charge in [-0.05, 0) is 50.3 Å². The number of quaternary nitrogens is 1. The number of fused-ring (bicyclic) bond motifs is 3. The molecule has 28 heavy (non-hydrogen) atoms. The van der Waals surface area contributed by atoms with Crippen LogP contribution in [0.2, 0.25) is 0 Å². The summed E-state index contributed by atoms with van der Waals surface area (Å²) in [6.45, 7) is 12.8. The van der Waals surface area contributed by atoms with Crippen LogP contribution in [-0.4, -0.2) is 49.5 Å². The van der Waals surface area contributed by atoms with Gasteiger partial charge in [-0.15, -0.1) is 0 Å². The van der Waals surface area contributed by atoms with Crippen LogP contribution in [0.3, 0.4) is 0 Å². The Morgan fingerprint density at radius 1 is 1.11 bits per heavy atom. The molecule has 1 fully saturated rings. The van der Waals surface area contributed by atoms with E-state index in [4.69, 9.17) is 13.9 Å². The van der Waals surface area contributed by atoms with Crippen molar-refractivity contribution >= 4 is 37.9 Å². The van der Waals surface area contributed by atoms with Gasteiger partial charge in [-0.25, -0.2) is 0 Å². The largest absolute Gasteiger partial charge is 0.488 e. The van der Waals surface area contributed by atoms with Gasteiger partial charge in [0.2, 0.25) is 0 Å². The molecule has 0 aliphatic carbocycles. The Balaban J connectivity index is 1.48. The molecule has 0 radical (unpaired) electrons. The van der Waals surface area contributed by atoms with Gasteiger partial charge in [0.05, 0.1) is 6.54 Å². The molecule has 1 aromatic heterocycles. The molecular formula is C23H27BrNO3+. The van der Waals surface area contributed by atoms with Crippen LogP contribution in [0.1, 0.15) is 13.8 Å². The zero-order valence-corrected chi connectivity index (χ0v) is 18.1. The fourth-order valence-corrected chi connectivity index (χ4v) is 4.86. The summed E-state index contributed by atoms with van der Waals surface area (Å²) in [5, 5.41) is 2.23. The number of rotatable bonds is 6. The highest BCUT2D eigenvalue weighted by Gasteiger charge is 2.36. The lowest BCUT2D eigenvalue weighted by molar-refractivity contribution is -0.936. The molecule has 148 valence electrons. The topological polar surface area (TPSA) is 31.6 Å². The Labute approximate surface area is 174 Å². The van der Waals surface area contributed by atoms with Gasteiger partial charge in [-0.2, -0.15) is 0 Å². The molecule has 0 bridgehead atoms. The summed E-state index contributed by atoms with van der Waals surface area (Å²) in [5.41, 5.74) is 1.74. The maximum Gasteiger partial charge on any atom is 0.139 e. The third-order valence-corrected chi connectivity index (χ3v) is 6.00. The second kappa shape index (κ2) is 7.90. The van der Waals surface area contributed by atoms with Gasteiger partial charge in [0.15, 0.2) is 0 Å². The highest BCUT2D eigenvalue weighted by atomic mass is 79.9. The zero-order valence-electron chi connectivity index (χ0n) is 16.5. The van der Waals surface area contributed by atoms with Crippen molar-refractivity contribution in [1.82, 2.24) is 0 Å². The highest BCUT2D eigenvalue weighted by molar-refractivity contribution is 9.10.